The summed E-state index contributed by atoms with van der Waals surface area (Å²) in [6, 6.07) is 15.1. The van der Waals surface area contributed by atoms with E-state index in [9.17, 15) is 9.59 Å². The van der Waals surface area contributed by atoms with E-state index < -0.39 is 12.1 Å². The molecular formula is C21H20N2O3. The number of amides is 1. The first kappa shape index (κ1) is 16.4. The lowest BCUT2D eigenvalue weighted by Crippen LogP contribution is -2.37. The summed E-state index contributed by atoms with van der Waals surface area (Å²) < 4.78 is 7.49. The molecule has 0 radical (unpaired) electrons. The van der Waals surface area contributed by atoms with E-state index in [-0.39, 0.29) is 5.91 Å². The molecule has 1 N–H and O–H groups in total. The van der Waals surface area contributed by atoms with Gasteiger partial charge in [-0.3, -0.25) is 4.79 Å². The molecule has 0 saturated heterocycles. The minimum absolute atomic E-state index is 0.305. The van der Waals surface area contributed by atoms with Crippen molar-refractivity contribution in [3.05, 3.63) is 65.9 Å². The number of nitrogens with zero attached hydrogens (tertiary/aromatic N) is 1. The summed E-state index contributed by atoms with van der Waals surface area (Å²) in [6.07, 6.45) is 2.68. The number of hydrogen-bond acceptors (Lipinski definition) is 3. The number of nitrogens with one attached hydrogen (secondary N) is 1. The van der Waals surface area contributed by atoms with Crippen LogP contribution >= 0.6 is 0 Å². The van der Waals surface area contributed by atoms with E-state index in [0.29, 0.717) is 17.7 Å². The van der Waals surface area contributed by atoms with Crippen LogP contribution < -0.4 is 5.32 Å². The Morgan fingerprint density at radius 1 is 1.23 bits per heavy atom. The molecule has 132 valence electrons. The number of benzene rings is 2. The molecule has 0 aliphatic carbocycles. The van der Waals surface area contributed by atoms with E-state index in [2.05, 4.69) is 29.1 Å². The fourth-order valence-electron chi connectivity index (χ4n) is 3.40. The first-order valence-corrected chi connectivity index (χ1v) is 8.84. The summed E-state index contributed by atoms with van der Waals surface area (Å²) in [7, 11) is 0. The zero-order valence-electron chi connectivity index (χ0n) is 14.6. The lowest BCUT2D eigenvalue weighted by atomic mass is 9.98. The Balaban J connectivity index is 1.54. The van der Waals surface area contributed by atoms with Gasteiger partial charge in [-0.05, 0) is 41.6 Å². The summed E-state index contributed by atoms with van der Waals surface area (Å²) in [5, 5.41) is 4.02. The summed E-state index contributed by atoms with van der Waals surface area (Å²) in [5.41, 5.74) is 3.16. The zero-order valence-corrected chi connectivity index (χ0v) is 14.6. The summed E-state index contributed by atoms with van der Waals surface area (Å²) in [6.45, 7) is 3.06. The minimum Gasteiger partial charge on any atom is -0.448 e. The van der Waals surface area contributed by atoms with Crippen LogP contribution in [0, 0.1) is 0 Å². The Bertz CT molecular complexity index is 990. The van der Waals surface area contributed by atoms with E-state index in [1.807, 2.05) is 30.3 Å². The van der Waals surface area contributed by atoms with Gasteiger partial charge in [0, 0.05) is 24.8 Å². The van der Waals surface area contributed by atoms with Crippen molar-refractivity contribution in [2.45, 2.75) is 32.4 Å². The number of anilines is 1. The fraction of sp³-hybridized carbons (Fsp3) is 0.238. The quantitative estimate of drug-likeness (QED) is 0.730. The Morgan fingerprint density at radius 2 is 2.08 bits per heavy atom. The van der Waals surface area contributed by atoms with Gasteiger partial charge in [0.1, 0.15) is 0 Å². The fourth-order valence-corrected chi connectivity index (χ4v) is 3.40. The maximum atomic E-state index is 12.6. The number of hydrogen-bond donors (Lipinski definition) is 1. The molecule has 2 aromatic carbocycles. The summed E-state index contributed by atoms with van der Waals surface area (Å²) in [4.78, 5) is 24.7. The van der Waals surface area contributed by atoms with Gasteiger partial charge in [-0.25, -0.2) is 4.79 Å². The SMILES string of the molecule is CCCn1ccc2ccc(NC(=O)[C@H]3Cc4ccccc4C(=O)O3)cc21. The van der Waals surface area contributed by atoms with Crippen molar-refractivity contribution in [1.29, 1.82) is 0 Å². The number of rotatable bonds is 4. The molecular weight excluding hydrogens is 328 g/mol. The molecule has 26 heavy (non-hydrogen) atoms. The van der Waals surface area contributed by atoms with Gasteiger partial charge in [-0.15, -0.1) is 0 Å². The van der Waals surface area contributed by atoms with E-state index >= 15 is 0 Å². The number of aryl methyl sites for hydroxylation is 1. The van der Waals surface area contributed by atoms with Gasteiger partial charge in [-0.1, -0.05) is 31.2 Å². The van der Waals surface area contributed by atoms with Crippen LogP contribution in [0.4, 0.5) is 5.69 Å². The van der Waals surface area contributed by atoms with Crippen molar-refractivity contribution in [3.8, 4) is 0 Å². The molecule has 0 saturated carbocycles. The van der Waals surface area contributed by atoms with Crippen molar-refractivity contribution in [3.63, 3.8) is 0 Å². The highest BCUT2D eigenvalue weighted by Crippen LogP contribution is 2.24. The highest BCUT2D eigenvalue weighted by molar-refractivity contribution is 6.00. The number of carbonyl (C=O) groups is 2. The number of cyclic esters (lactones) is 1. The second kappa shape index (κ2) is 6.67. The molecule has 3 aromatic rings. The van der Waals surface area contributed by atoms with Crippen LogP contribution in [0.1, 0.15) is 29.3 Å². The lowest BCUT2D eigenvalue weighted by Gasteiger charge is -2.23. The van der Waals surface area contributed by atoms with E-state index in [4.69, 9.17) is 4.74 Å². The van der Waals surface area contributed by atoms with Crippen molar-refractivity contribution in [1.82, 2.24) is 4.57 Å². The molecule has 1 amide bonds. The van der Waals surface area contributed by atoms with Crippen LogP contribution in [-0.2, 0) is 22.5 Å². The first-order chi connectivity index (χ1) is 12.7. The number of carbonyl (C=O) groups excluding carboxylic acids is 2. The van der Waals surface area contributed by atoms with E-state index in [0.717, 1.165) is 29.4 Å². The van der Waals surface area contributed by atoms with Gasteiger partial charge in [0.2, 0.25) is 0 Å². The topological polar surface area (TPSA) is 60.3 Å². The van der Waals surface area contributed by atoms with Gasteiger partial charge >= 0.3 is 5.97 Å². The third-order valence-corrected chi connectivity index (χ3v) is 4.69. The predicted molar refractivity (Wildman–Crippen MR) is 100 cm³/mol. The normalized spacial score (nSPS) is 16.2. The van der Waals surface area contributed by atoms with Gasteiger partial charge in [0.05, 0.1) is 11.1 Å². The van der Waals surface area contributed by atoms with Gasteiger partial charge in [0.15, 0.2) is 6.10 Å². The monoisotopic (exact) mass is 348 g/mol. The Kier molecular flexibility index (Phi) is 4.21. The molecule has 1 aromatic heterocycles. The van der Waals surface area contributed by atoms with Gasteiger partial charge in [-0.2, -0.15) is 0 Å². The summed E-state index contributed by atoms with van der Waals surface area (Å²) >= 11 is 0. The first-order valence-electron chi connectivity index (χ1n) is 8.84. The molecule has 1 aliphatic heterocycles. The van der Waals surface area contributed by atoms with Crippen molar-refractivity contribution >= 4 is 28.5 Å². The molecule has 4 rings (SSSR count). The Morgan fingerprint density at radius 3 is 2.92 bits per heavy atom. The molecule has 0 spiro atoms. The Labute approximate surface area is 151 Å². The number of fused-ring (bicyclic) bond motifs is 2. The van der Waals surface area contributed by atoms with Crippen LogP contribution in [-0.4, -0.2) is 22.5 Å². The zero-order chi connectivity index (χ0) is 18.1. The number of esters is 1. The average molecular weight is 348 g/mol. The van der Waals surface area contributed by atoms with Crippen molar-refractivity contribution in [2.75, 3.05) is 5.32 Å². The molecule has 2 heterocycles. The molecule has 0 unspecified atom stereocenters. The highest BCUT2D eigenvalue weighted by Gasteiger charge is 2.31. The molecule has 5 heteroatoms. The maximum Gasteiger partial charge on any atom is 0.339 e. The van der Waals surface area contributed by atoms with Gasteiger partial charge in [0.25, 0.3) is 5.91 Å². The number of ether oxygens (including phenoxy) is 1. The average Bonchev–Trinajstić information content (AvgIpc) is 3.04. The van der Waals surface area contributed by atoms with Crippen LogP contribution in [0.15, 0.2) is 54.7 Å². The molecule has 0 bridgehead atoms. The second-order valence-corrected chi connectivity index (χ2v) is 6.53. The maximum absolute atomic E-state index is 12.6. The number of aromatic nitrogens is 1. The third-order valence-electron chi connectivity index (χ3n) is 4.69. The lowest BCUT2D eigenvalue weighted by molar-refractivity contribution is -0.125. The molecule has 1 atom stereocenters. The highest BCUT2D eigenvalue weighted by atomic mass is 16.5. The van der Waals surface area contributed by atoms with Crippen LogP contribution in [0.5, 0.6) is 0 Å². The third kappa shape index (κ3) is 2.96. The minimum atomic E-state index is -0.810. The largest absolute Gasteiger partial charge is 0.448 e. The van der Waals surface area contributed by atoms with Crippen LogP contribution in [0.3, 0.4) is 0 Å². The van der Waals surface area contributed by atoms with Crippen LogP contribution in [0.25, 0.3) is 10.9 Å². The second-order valence-electron chi connectivity index (χ2n) is 6.53. The standard InChI is InChI=1S/C21H20N2O3/c1-2-10-23-11-9-14-7-8-16(13-18(14)23)22-20(24)19-12-15-5-3-4-6-17(15)21(25)26-19/h3-9,11,13,19H,2,10,12H2,1H3,(H,22,24)/t19-/m1/s1. The predicted octanol–water partition coefficient (Wildman–Crippen LogP) is 3.77. The smallest absolute Gasteiger partial charge is 0.339 e. The van der Waals surface area contributed by atoms with Gasteiger partial charge < -0.3 is 14.6 Å². The van der Waals surface area contributed by atoms with Crippen LogP contribution in [0.2, 0.25) is 0 Å². The molecule has 1 aliphatic rings. The molecule has 0 fully saturated rings. The molecule has 5 nitrogen and oxygen atoms in total. The van der Waals surface area contributed by atoms with E-state index in [1.54, 1.807) is 12.1 Å². The van der Waals surface area contributed by atoms with Crippen molar-refractivity contribution < 1.29 is 14.3 Å². The van der Waals surface area contributed by atoms with E-state index in [1.165, 1.54) is 0 Å². The van der Waals surface area contributed by atoms with Crippen molar-refractivity contribution in [2.24, 2.45) is 0 Å². The Hall–Kier alpha value is -3.08. The summed E-state index contributed by atoms with van der Waals surface area (Å²) in [5.74, 6) is -0.750.